The number of nitrogens with zero attached hydrogens (tertiary/aromatic N) is 2. The second-order valence-electron chi connectivity index (χ2n) is 12.5. The van der Waals surface area contributed by atoms with Gasteiger partial charge in [-0.25, -0.2) is 9.97 Å². The van der Waals surface area contributed by atoms with Crippen LogP contribution in [0.5, 0.6) is 5.75 Å². The molecule has 1 saturated carbocycles. The molecular weight excluding hydrogens is 488 g/mol. The minimum Gasteiger partial charge on any atom is -0.494 e. The van der Waals surface area contributed by atoms with Crippen LogP contribution in [0.25, 0.3) is 11.4 Å². The maximum atomic E-state index is 5.99. The van der Waals surface area contributed by atoms with Crippen LogP contribution in [0.1, 0.15) is 160 Å². The van der Waals surface area contributed by atoms with Gasteiger partial charge in [-0.1, -0.05) is 142 Å². The molecule has 1 aromatic heterocycles. The summed E-state index contributed by atoms with van der Waals surface area (Å²) >= 11 is 0. The lowest BCUT2D eigenvalue weighted by Crippen LogP contribution is -2.05. The van der Waals surface area contributed by atoms with Gasteiger partial charge in [0.1, 0.15) is 5.75 Å². The fourth-order valence-corrected chi connectivity index (χ4v) is 6.23. The number of rotatable bonds is 23. The molecule has 1 aliphatic carbocycles. The summed E-state index contributed by atoms with van der Waals surface area (Å²) in [7, 11) is 0. The summed E-state index contributed by atoms with van der Waals surface area (Å²) in [5, 5.41) is 0. The number of ether oxygens (including phenoxy) is 1. The van der Waals surface area contributed by atoms with Crippen LogP contribution in [0, 0.1) is 5.92 Å². The molecule has 2 aromatic rings. The second kappa shape index (κ2) is 21.8. The molecule has 0 amide bonds. The van der Waals surface area contributed by atoms with Crippen molar-refractivity contribution in [2.24, 2.45) is 5.92 Å². The van der Waals surface area contributed by atoms with E-state index in [9.17, 15) is 0 Å². The zero-order valence-electron chi connectivity index (χ0n) is 26.0. The largest absolute Gasteiger partial charge is 0.494 e. The van der Waals surface area contributed by atoms with Gasteiger partial charge in [0.2, 0.25) is 0 Å². The van der Waals surface area contributed by atoms with Crippen LogP contribution in [-0.4, -0.2) is 16.6 Å². The van der Waals surface area contributed by atoms with Crippen molar-refractivity contribution >= 4 is 0 Å². The molecule has 40 heavy (non-hydrogen) atoms. The maximum absolute atomic E-state index is 5.99. The fourth-order valence-electron chi connectivity index (χ4n) is 6.23. The predicted molar refractivity (Wildman–Crippen MR) is 172 cm³/mol. The number of hydrogen-bond donors (Lipinski definition) is 0. The standard InChI is InChI=1S/C37H60N2O/c1-2-3-4-5-6-7-8-10-14-18-25-34-31-38-37(39-32-34)35-26-28-36(29-27-35)40-30-21-15-12-9-11-13-17-22-33-23-19-16-20-24-33/h26-29,31-33H,2-25,30H2,1H3. The Morgan fingerprint density at radius 2 is 1.18 bits per heavy atom. The number of aromatic nitrogens is 2. The Kier molecular flexibility index (Phi) is 17.8. The number of aryl methyl sites for hydroxylation is 1. The SMILES string of the molecule is CCCCCCCCCCCCc1cnc(-c2ccc(OCCCCCCCCCC3CCCCC3)cc2)nc1. The van der Waals surface area contributed by atoms with E-state index in [1.54, 1.807) is 0 Å². The highest BCUT2D eigenvalue weighted by molar-refractivity contribution is 5.55. The Bertz CT molecular complexity index is 841. The van der Waals surface area contributed by atoms with Crippen LogP contribution in [0.2, 0.25) is 0 Å². The highest BCUT2D eigenvalue weighted by atomic mass is 16.5. The Morgan fingerprint density at radius 1 is 0.625 bits per heavy atom. The van der Waals surface area contributed by atoms with Crippen LogP contribution in [-0.2, 0) is 6.42 Å². The summed E-state index contributed by atoms with van der Waals surface area (Å²) < 4.78 is 5.99. The molecule has 3 nitrogen and oxygen atoms in total. The van der Waals surface area contributed by atoms with E-state index in [-0.39, 0.29) is 0 Å². The third-order valence-electron chi connectivity index (χ3n) is 8.89. The molecular formula is C37H60N2O. The maximum Gasteiger partial charge on any atom is 0.159 e. The second-order valence-corrected chi connectivity index (χ2v) is 12.5. The van der Waals surface area contributed by atoms with Crippen molar-refractivity contribution in [1.29, 1.82) is 0 Å². The molecule has 0 bridgehead atoms. The van der Waals surface area contributed by atoms with E-state index in [0.29, 0.717) is 0 Å². The van der Waals surface area contributed by atoms with Gasteiger partial charge in [0.15, 0.2) is 5.82 Å². The molecule has 0 unspecified atom stereocenters. The Labute approximate surface area is 247 Å². The Balaban J connectivity index is 1.17. The molecule has 224 valence electrons. The van der Waals surface area contributed by atoms with E-state index in [2.05, 4.69) is 41.2 Å². The average Bonchev–Trinajstić information content (AvgIpc) is 3.00. The zero-order valence-corrected chi connectivity index (χ0v) is 26.0. The number of benzene rings is 1. The summed E-state index contributed by atoms with van der Waals surface area (Å²) in [6.45, 7) is 3.10. The number of unbranched alkanes of at least 4 members (excludes halogenated alkanes) is 15. The van der Waals surface area contributed by atoms with Crippen molar-refractivity contribution in [3.63, 3.8) is 0 Å². The summed E-state index contributed by atoms with van der Waals surface area (Å²) in [6.07, 6.45) is 37.2. The van der Waals surface area contributed by atoms with Gasteiger partial charge in [0.05, 0.1) is 6.61 Å². The van der Waals surface area contributed by atoms with Crippen molar-refractivity contribution in [3.05, 3.63) is 42.2 Å². The van der Waals surface area contributed by atoms with Gasteiger partial charge in [-0.2, -0.15) is 0 Å². The summed E-state index contributed by atoms with van der Waals surface area (Å²) in [5.41, 5.74) is 2.31. The van der Waals surface area contributed by atoms with Gasteiger partial charge in [-0.15, -0.1) is 0 Å². The molecule has 0 N–H and O–H groups in total. The van der Waals surface area contributed by atoms with Gasteiger partial charge in [0, 0.05) is 18.0 Å². The normalized spacial score (nSPS) is 14.0. The van der Waals surface area contributed by atoms with Crippen molar-refractivity contribution in [2.75, 3.05) is 6.61 Å². The van der Waals surface area contributed by atoms with Crippen LogP contribution < -0.4 is 4.74 Å². The van der Waals surface area contributed by atoms with Gasteiger partial charge >= 0.3 is 0 Å². The summed E-state index contributed by atoms with van der Waals surface area (Å²) in [4.78, 5) is 9.27. The van der Waals surface area contributed by atoms with Crippen LogP contribution in [0.15, 0.2) is 36.7 Å². The summed E-state index contributed by atoms with van der Waals surface area (Å²) in [6, 6.07) is 8.28. The minimum atomic E-state index is 0.803. The third-order valence-corrected chi connectivity index (χ3v) is 8.89. The lowest BCUT2D eigenvalue weighted by atomic mass is 9.85. The first-order valence-electron chi connectivity index (χ1n) is 17.4. The molecule has 0 spiro atoms. The molecule has 3 heteroatoms. The first kappa shape index (κ1) is 32.6. The van der Waals surface area contributed by atoms with Gasteiger partial charge < -0.3 is 4.74 Å². The Hall–Kier alpha value is -1.90. The molecule has 1 aliphatic rings. The molecule has 1 heterocycles. The lowest BCUT2D eigenvalue weighted by molar-refractivity contribution is 0.303. The van der Waals surface area contributed by atoms with Crippen LogP contribution in [0.4, 0.5) is 0 Å². The van der Waals surface area contributed by atoms with E-state index in [0.717, 1.165) is 42.5 Å². The van der Waals surface area contributed by atoms with Gasteiger partial charge in [0.25, 0.3) is 0 Å². The fraction of sp³-hybridized carbons (Fsp3) is 0.730. The topological polar surface area (TPSA) is 35.0 Å². The van der Waals surface area contributed by atoms with Crippen molar-refractivity contribution < 1.29 is 4.74 Å². The van der Waals surface area contributed by atoms with E-state index in [1.807, 2.05) is 12.4 Å². The highest BCUT2D eigenvalue weighted by Crippen LogP contribution is 2.28. The average molecular weight is 549 g/mol. The van der Waals surface area contributed by atoms with Crippen LogP contribution in [0.3, 0.4) is 0 Å². The van der Waals surface area contributed by atoms with Crippen molar-refractivity contribution in [3.8, 4) is 17.1 Å². The number of hydrogen-bond acceptors (Lipinski definition) is 3. The first-order chi connectivity index (χ1) is 19.8. The first-order valence-corrected chi connectivity index (χ1v) is 17.4. The quantitative estimate of drug-likeness (QED) is 0.130. The predicted octanol–water partition coefficient (Wildman–Crippen LogP) is 11.7. The van der Waals surface area contributed by atoms with E-state index in [4.69, 9.17) is 4.74 Å². The molecule has 0 atom stereocenters. The van der Waals surface area contributed by atoms with Crippen molar-refractivity contribution in [1.82, 2.24) is 9.97 Å². The summed E-state index contributed by atoms with van der Waals surface area (Å²) in [5.74, 6) is 2.80. The van der Waals surface area contributed by atoms with E-state index >= 15 is 0 Å². The smallest absolute Gasteiger partial charge is 0.159 e. The zero-order chi connectivity index (χ0) is 27.9. The van der Waals surface area contributed by atoms with Crippen molar-refractivity contribution in [2.45, 2.75) is 161 Å². The molecule has 0 saturated heterocycles. The monoisotopic (exact) mass is 548 g/mol. The molecule has 0 radical (unpaired) electrons. The Morgan fingerprint density at radius 3 is 1.80 bits per heavy atom. The van der Waals surface area contributed by atoms with Crippen LogP contribution >= 0.6 is 0 Å². The van der Waals surface area contributed by atoms with E-state index in [1.165, 1.54) is 147 Å². The third kappa shape index (κ3) is 14.6. The van der Waals surface area contributed by atoms with Gasteiger partial charge in [-0.3, -0.25) is 0 Å². The molecule has 3 rings (SSSR count). The molecule has 0 aliphatic heterocycles. The minimum absolute atomic E-state index is 0.803. The molecule has 1 fully saturated rings. The lowest BCUT2D eigenvalue weighted by Gasteiger charge is -2.21. The van der Waals surface area contributed by atoms with Gasteiger partial charge in [-0.05, 0) is 55.0 Å². The van der Waals surface area contributed by atoms with E-state index < -0.39 is 0 Å². The molecule has 1 aromatic carbocycles. The highest BCUT2D eigenvalue weighted by Gasteiger charge is 2.12.